The van der Waals surface area contributed by atoms with Crippen molar-refractivity contribution < 1.29 is 0 Å². The smallest absolute Gasteiger partial charge is 0.0773 e. The number of hydrogen-bond donors (Lipinski definition) is 0. The Kier molecular flexibility index (Phi) is 4.26. The molecule has 0 saturated carbocycles. The topological polar surface area (TPSA) is 0 Å². The highest BCUT2D eigenvalue weighted by Crippen LogP contribution is 2.56. The molecule has 6 radical (unpaired) electrons. The summed E-state index contributed by atoms with van der Waals surface area (Å²) in [5.41, 5.74) is 0. The van der Waals surface area contributed by atoms with Crippen molar-refractivity contribution in [1.29, 1.82) is 0 Å². The molecule has 2 rings (SSSR count). The second kappa shape index (κ2) is 5.53. The minimum absolute atomic E-state index is 0.0994. The Balaban J connectivity index is 2.55. The lowest BCUT2D eigenvalue weighted by Crippen LogP contribution is -2.30. The second-order valence-electron chi connectivity index (χ2n) is 3.73. The fourth-order valence-electron chi connectivity index (χ4n) is 1.75. The summed E-state index contributed by atoms with van der Waals surface area (Å²) in [5.74, 6) is 0. The minimum Gasteiger partial charge on any atom is -0.546 e. The Bertz CT molecular complexity index is 434. The standard InChI is InChI=1S/C13H11PSSi2/c15-14(13(16)17,11-7-3-1-4-8-11)12-9-5-2-6-10-12/h1-10,13H. The van der Waals surface area contributed by atoms with Crippen molar-refractivity contribution in [3.8, 4) is 0 Å². The quantitative estimate of drug-likeness (QED) is 0.470. The van der Waals surface area contributed by atoms with Crippen LogP contribution < -0.4 is 10.6 Å². The number of hydrogen-bond acceptors (Lipinski definition) is 1. The predicted octanol–water partition coefficient (Wildman–Crippen LogP) is 1.74. The first-order valence-corrected chi connectivity index (χ1v) is 9.31. The first kappa shape index (κ1) is 13.1. The maximum atomic E-state index is 5.97. The Morgan fingerprint density at radius 3 is 1.41 bits per heavy atom. The van der Waals surface area contributed by atoms with Gasteiger partial charge in [-0.2, -0.15) is 0 Å². The van der Waals surface area contributed by atoms with E-state index in [-0.39, 0.29) is 4.91 Å². The van der Waals surface area contributed by atoms with E-state index in [9.17, 15) is 0 Å². The van der Waals surface area contributed by atoms with Crippen LogP contribution in [0.15, 0.2) is 60.7 Å². The maximum absolute atomic E-state index is 5.97. The van der Waals surface area contributed by atoms with Gasteiger partial charge in [0.2, 0.25) is 0 Å². The maximum Gasteiger partial charge on any atom is 0.0773 e. The van der Waals surface area contributed by atoms with Gasteiger partial charge in [0.05, 0.1) is 31.1 Å². The molecule has 4 heteroatoms. The van der Waals surface area contributed by atoms with E-state index in [1.165, 1.54) is 10.6 Å². The Morgan fingerprint density at radius 2 is 1.12 bits per heavy atom. The van der Waals surface area contributed by atoms with Gasteiger partial charge in [-0.15, -0.1) is 0 Å². The van der Waals surface area contributed by atoms with Crippen molar-refractivity contribution in [3.63, 3.8) is 0 Å². The minimum atomic E-state index is -1.84. The summed E-state index contributed by atoms with van der Waals surface area (Å²) >= 11 is 5.97. The lowest BCUT2D eigenvalue weighted by atomic mass is 10.4. The number of rotatable bonds is 3. The Morgan fingerprint density at radius 1 is 0.765 bits per heavy atom. The van der Waals surface area contributed by atoms with Gasteiger partial charge in [0.25, 0.3) is 0 Å². The van der Waals surface area contributed by atoms with Crippen LogP contribution in [-0.4, -0.2) is 25.4 Å². The van der Waals surface area contributed by atoms with E-state index in [1.54, 1.807) is 0 Å². The van der Waals surface area contributed by atoms with Crippen LogP contribution in [0.1, 0.15) is 0 Å². The highest BCUT2D eigenvalue weighted by atomic mass is 32.7. The van der Waals surface area contributed by atoms with Crippen LogP contribution in [0.25, 0.3) is 0 Å². The monoisotopic (exact) mass is 286 g/mol. The SMILES string of the molecule is [Si]C([Si])[P+]([S-])(c1ccccc1)c1ccccc1. The zero-order valence-electron chi connectivity index (χ0n) is 9.21. The summed E-state index contributed by atoms with van der Waals surface area (Å²) < 4.78 is 0. The summed E-state index contributed by atoms with van der Waals surface area (Å²) in [6.07, 6.45) is 0. The third-order valence-electron chi connectivity index (χ3n) is 2.64. The van der Waals surface area contributed by atoms with Gasteiger partial charge in [0.1, 0.15) is 0 Å². The van der Waals surface area contributed by atoms with Crippen LogP contribution in [0.5, 0.6) is 0 Å². The van der Waals surface area contributed by atoms with Crippen molar-refractivity contribution in [2.24, 2.45) is 0 Å². The van der Waals surface area contributed by atoms with Crippen LogP contribution in [0.3, 0.4) is 0 Å². The third kappa shape index (κ3) is 2.58. The average Bonchev–Trinajstić information content (AvgIpc) is 2.39. The molecule has 0 amide bonds. The molecule has 0 heterocycles. The fourth-order valence-corrected chi connectivity index (χ4v) is 6.39. The molecule has 0 aliphatic heterocycles. The zero-order valence-corrected chi connectivity index (χ0v) is 12.9. The van der Waals surface area contributed by atoms with Gasteiger partial charge in [-0.3, -0.25) is 0 Å². The van der Waals surface area contributed by atoms with Gasteiger partial charge in [-0.1, -0.05) is 36.4 Å². The Labute approximate surface area is 115 Å². The predicted molar refractivity (Wildman–Crippen MR) is 81.7 cm³/mol. The molecule has 2 aromatic rings. The van der Waals surface area contributed by atoms with Gasteiger partial charge >= 0.3 is 0 Å². The van der Waals surface area contributed by atoms with Crippen LogP contribution in [0.4, 0.5) is 0 Å². The molecule has 0 bridgehead atoms. The first-order chi connectivity index (χ1) is 8.15. The van der Waals surface area contributed by atoms with E-state index in [0.29, 0.717) is 0 Å². The molecule has 17 heavy (non-hydrogen) atoms. The summed E-state index contributed by atoms with van der Waals surface area (Å²) in [6.45, 7) is -1.84. The van der Waals surface area contributed by atoms with Crippen molar-refractivity contribution in [3.05, 3.63) is 60.7 Å². The van der Waals surface area contributed by atoms with E-state index in [4.69, 9.17) is 12.2 Å². The van der Waals surface area contributed by atoms with Crippen LogP contribution in [-0.2, 0) is 12.2 Å². The Hall–Kier alpha value is -0.346. The molecule has 0 unspecified atom stereocenters. The first-order valence-electron chi connectivity index (χ1n) is 5.29. The molecule has 0 spiro atoms. The highest BCUT2D eigenvalue weighted by Gasteiger charge is 2.32. The van der Waals surface area contributed by atoms with Crippen molar-refractivity contribution in [2.75, 3.05) is 0 Å². The van der Waals surface area contributed by atoms with Gasteiger partial charge in [0, 0.05) is 4.91 Å². The molecular formula is C13H11PSSi2. The lowest BCUT2D eigenvalue weighted by Gasteiger charge is -2.36. The molecule has 82 valence electrons. The van der Waals surface area contributed by atoms with Gasteiger partial charge in [0.15, 0.2) is 0 Å². The average molecular weight is 286 g/mol. The van der Waals surface area contributed by atoms with E-state index < -0.39 is 6.46 Å². The van der Waals surface area contributed by atoms with E-state index in [0.717, 1.165) is 0 Å². The molecule has 0 aliphatic carbocycles. The zero-order chi connectivity index (χ0) is 12.3. The van der Waals surface area contributed by atoms with Crippen molar-refractivity contribution in [1.82, 2.24) is 0 Å². The molecule has 0 N–H and O–H groups in total. The summed E-state index contributed by atoms with van der Waals surface area (Å²) in [4.78, 5) is 0.0994. The molecule has 0 aliphatic rings. The van der Waals surface area contributed by atoms with E-state index >= 15 is 0 Å². The van der Waals surface area contributed by atoms with Crippen molar-refractivity contribution in [2.45, 2.75) is 4.91 Å². The van der Waals surface area contributed by atoms with Gasteiger partial charge in [-0.05, 0) is 30.7 Å². The molecule has 2 aromatic carbocycles. The van der Waals surface area contributed by atoms with Crippen LogP contribution >= 0.6 is 6.46 Å². The van der Waals surface area contributed by atoms with Gasteiger partial charge < -0.3 is 12.2 Å². The molecule has 0 atom stereocenters. The second-order valence-corrected chi connectivity index (χ2v) is 11.0. The molecule has 0 fully saturated rings. The fraction of sp³-hybridized carbons (Fsp3) is 0.0769. The molecule has 0 aromatic heterocycles. The summed E-state index contributed by atoms with van der Waals surface area (Å²) in [7, 11) is 7.37. The van der Waals surface area contributed by atoms with E-state index in [2.05, 4.69) is 44.8 Å². The summed E-state index contributed by atoms with van der Waals surface area (Å²) in [6, 6.07) is 20.7. The third-order valence-corrected chi connectivity index (χ3v) is 10.8. The molecule has 0 saturated heterocycles. The van der Waals surface area contributed by atoms with Gasteiger partial charge in [-0.25, -0.2) is 0 Å². The highest BCUT2D eigenvalue weighted by molar-refractivity contribution is 8.49. The molecule has 0 nitrogen and oxygen atoms in total. The van der Waals surface area contributed by atoms with E-state index in [1.807, 2.05) is 36.4 Å². The van der Waals surface area contributed by atoms with Crippen molar-refractivity contribution >= 4 is 49.8 Å². The largest absolute Gasteiger partial charge is 0.546 e. The number of benzene rings is 2. The van der Waals surface area contributed by atoms with Crippen LogP contribution in [0.2, 0.25) is 0 Å². The van der Waals surface area contributed by atoms with Crippen LogP contribution in [0, 0.1) is 0 Å². The summed E-state index contributed by atoms with van der Waals surface area (Å²) in [5, 5.41) is 2.44. The normalized spacial score (nSPS) is 11.8. The molecular weight excluding hydrogens is 275 g/mol. The lowest BCUT2D eigenvalue weighted by molar-refractivity contribution is 1.72.